The zero-order valence-corrected chi connectivity index (χ0v) is 28.2. The second kappa shape index (κ2) is 15.9. The normalized spacial score (nSPS) is 20.0. The molecule has 3 heterocycles. The molecule has 2 N–H and O–H groups in total. The Balaban J connectivity index is 1.24. The van der Waals surface area contributed by atoms with Crippen molar-refractivity contribution in [3.8, 4) is 5.75 Å². The fraction of sp³-hybridized carbons (Fsp3) is 0.595. The van der Waals surface area contributed by atoms with Gasteiger partial charge in [0.25, 0.3) is 0 Å². The van der Waals surface area contributed by atoms with E-state index in [9.17, 15) is 14.4 Å². The summed E-state index contributed by atoms with van der Waals surface area (Å²) in [6.45, 7) is 11.1. The first-order chi connectivity index (χ1) is 22.2. The molecule has 46 heavy (non-hydrogen) atoms. The maximum atomic E-state index is 14.1. The Labute approximate surface area is 275 Å². The second-order valence-corrected chi connectivity index (χ2v) is 13.7. The number of fused-ring (bicyclic) bond motifs is 1. The number of ether oxygens (including phenoxy) is 1. The maximum absolute atomic E-state index is 14.1. The highest BCUT2D eigenvalue weighted by Crippen LogP contribution is 2.28. The molecular weight excluding hydrogens is 578 g/mol. The third kappa shape index (κ3) is 8.68. The molecule has 3 aliphatic rings. The van der Waals surface area contributed by atoms with Crippen LogP contribution in [0.5, 0.6) is 5.75 Å². The van der Waals surface area contributed by atoms with Gasteiger partial charge in [-0.15, -0.1) is 0 Å². The van der Waals surface area contributed by atoms with Gasteiger partial charge < -0.3 is 25.2 Å². The van der Waals surface area contributed by atoms with Crippen molar-refractivity contribution in [2.24, 2.45) is 5.92 Å². The fourth-order valence-electron chi connectivity index (χ4n) is 7.58. The van der Waals surface area contributed by atoms with Crippen LogP contribution in [0.2, 0.25) is 0 Å². The molecule has 2 aromatic carbocycles. The number of hydrogen-bond acceptors (Lipinski definition) is 6. The van der Waals surface area contributed by atoms with Crippen LogP contribution in [-0.4, -0.2) is 96.9 Å². The van der Waals surface area contributed by atoms with Crippen molar-refractivity contribution < 1.29 is 19.1 Å². The Morgan fingerprint density at radius 1 is 0.935 bits per heavy atom. The minimum atomic E-state index is -0.640. The maximum Gasteiger partial charge on any atom is 0.245 e. The predicted molar refractivity (Wildman–Crippen MR) is 181 cm³/mol. The first kappa shape index (κ1) is 33.9. The van der Waals surface area contributed by atoms with Crippen LogP contribution >= 0.6 is 0 Å². The summed E-state index contributed by atoms with van der Waals surface area (Å²) in [5, 5.41) is 6.65. The van der Waals surface area contributed by atoms with Crippen LogP contribution in [0.3, 0.4) is 0 Å². The van der Waals surface area contributed by atoms with E-state index in [1.165, 1.54) is 11.1 Å². The molecule has 250 valence electrons. The fourth-order valence-corrected chi connectivity index (χ4v) is 7.58. The van der Waals surface area contributed by atoms with E-state index in [0.29, 0.717) is 37.5 Å². The van der Waals surface area contributed by atoms with Crippen molar-refractivity contribution in [2.45, 2.75) is 89.9 Å². The van der Waals surface area contributed by atoms with Gasteiger partial charge in [-0.3, -0.25) is 19.3 Å². The van der Waals surface area contributed by atoms with Gasteiger partial charge in [-0.05, 0) is 73.4 Å². The zero-order chi connectivity index (χ0) is 32.6. The Kier molecular flexibility index (Phi) is 11.7. The van der Waals surface area contributed by atoms with Gasteiger partial charge in [-0.1, -0.05) is 50.2 Å². The van der Waals surface area contributed by atoms with Gasteiger partial charge in [0.1, 0.15) is 11.8 Å². The molecule has 3 aliphatic heterocycles. The van der Waals surface area contributed by atoms with Crippen LogP contribution in [0.15, 0.2) is 48.5 Å². The molecule has 0 radical (unpaired) electrons. The topological polar surface area (TPSA) is 94.2 Å². The highest BCUT2D eigenvalue weighted by atomic mass is 16.5. The van der Waals surface area contributed by atoms with Gasteiger partial charge in [-0.2, -0.15) is 0 Å². The summed E-state index contributed by atoms with van der Waals surface area (Å²) in [4.78, 5) is 46.2. The van der Waals surface area contributed by atoms with E-state index in [2.05, 4.69) is 41.5 Å². The van der Waals surface area contributed by atoms with E-state index in [0.717, 1.165) is 69.6 Å². The number of carbonyl (C=O) groups excluding carboxylic acids is 3. The Morgan fingerprint density at radius 2 is 1.57 bits per heavy atom. The second-order valence-electron chi connectivity index (χ2n) is 13.7. The van der Waals surface area contributed by atoms with Crippen molar-refractivity contribution in [1.29, 1.82) is 0 Å². The number of nitrogens with zero attached hydrogens (tertiary/aromatic N) is 3. The molecule has 3 amide bonds. The van der Waals surface area contributed by atoms with E-state index in [1.807, 2.05) is 46.2 Å². The van der Waals surface area contributed by atoms with Gasteiger partial charge in [0.15, 0.2) is 0 Å². The number of hydrogen-bond donors (Lipinski definition) is 2. The molecule has 9 heteroatoms. The van der Waals surface area contributed by atoms with Gasteiger partial charge >= 0.3 is 0 Å². The van der Waals surface area contributed by atoms with Crippen LogP contribution < -0.4 is 15.4 Å². The van der Waals surface area contributed by atoms with Crippen LogP contribution in [0.25, 0.3) is 0 Å². The highest BCUT2D eigenvalue weighted by molar-refractivity contribution is 5.88. The molecule has 2 unspecified atom stereocenters. The average Bonchev–Trinajstić information content (AvgIpc) is 3.07. The van der Waals surface area contributed by atoms with Gasteiger partial charge in [0, 0.05) is 70.6 Å². The summed E-state index contributed by atoms with van der Waals surface area (Å²) in [7, 11) is 1.64. The molecule has 0 bridgehead atoms. The van der Waals surface area contributed by atoms with E-state index in [4.69, 9.17) is 4.74 Å². The van der Waals surface area contributed by atoms with Crippen molar-refractivity contribution >= 4 is 17.7 Å². The van der Waals surface area contributed by atoms with Crippen molar-refractivity contribution in [3.05, 3.63) is 65.2 Å². The van der Waals surface area contributed by atoms with E-state index in [1.54, 1.807) is 14.0 Å². The molecule has 2 saturated heterocycles. The van der Waals surface area contributed by atoms with Crippen LogP contribution in [-0.2, 0) is 27.2 Å². The predicted octanol–water partition coefficient (Wildman–Crippen LogP) is 3.96. The van der Waals surface area contributed by atoms with Crippen molar-refractivity contribution in [1.82, 2.24) is 25.3 Å². The molecule has 0 aromatic heterocycles. The van der Waals surface area contributed by atoms with E-state index in [-0.39, 0.29) is 30.2 Å². The summed E-state index contributed by atoms with van der Waals surface area (Å²) in [5.74, 6) is 1.34. The number of rotatable bonds is 11. The first-order valence-corrected chi connectivity index (χ1v) is 17.2. The number of amides is 3. The Hall–Kier alpha value is -3.43. The number of likely N-dealkylation sites (tertiary alicyclic amines) is 2. The monoisotopic (exact) mass is 631 g/mol. The number of methoxy groups -OCH3 is 1. The smallest absolute Gasteiger partial charge is 0.245 e. The molecule has 0 aliphatic carbocycles. The summed E-state index contributed by atoms with van der Waals surface area (Å²) >= 11 is 0. The third-order valence-electron chi connectivity index (χ3n) is 10.0. The van der Waals surface area contributed by atoms with Crippen LogP contribution in [0, 0.1) is 5.92 Å². The number of benzene rings is 2. The lowest BCUT2D eigenvalue weighted by molar-refractivity contribution is -0.138. The minimum Gasteiger partial charge on any atom is -0.497 e. The minimum absolute atomic E-state index is 0.00945. The Morgan fingerprint density at radius 3 is 2.17 bits per heavy atom. The van der Waals surface area contributed by atoms with Crippen molar-refractivity contribution in [2.75, 3.05) is 46.4 Å². The zero-order valence-electron chi connectivity index (χ0n) is 28.2. The third-order valence-corrected chi connectivity index (χ3v) is 10.0. The average molecular weight is 632 g/mol. The molecule has 5 rings (SSSR count). The highest BCUT2D eigenvalue weighted by Gasteiger charge is 2.35. The molecule has 2 atom stereocenters. The lowest BCUT2D eigenvalue weighted by Crippen LogP contribution is -2.56. The molecule has 0 spiro atoms. The van der Waals surface area contributed by atoms with Gasteiger partial charge in [0.05, 0.1) is 7.11 Å². The molecule has 2 aromatic rings. The SMILES string of the molecule is COc1ccc(CC(NC(=O)CC2NCCc3ccccc32)C(=O)N2CCC(N(CC(C)C)C3CCN(C(C)=O)CC3)CC2)cc1. The van der Waals surface area contributed by atoms with Crippen LogP contribution in [0.1, 0.15) is 75.6 Å². The van der Waals surface area contributed by atoms with E-state index < -0.39 is 6.04 Å². The lowest BCUT2D eigenvalue weighted by atomic mass is 9.92. The molecule has 2 fully saturated rings. The number of carbonyl (C=O) groups is 3. The first-order valence-electron chi connectivity index (χ1n) is 17.2. The summed E-state index contributed by atoms with van der Waals surface area (Å²) in [6, 6.07) is 16.2. The largest absolute Gasteiger partial charge is 0.497 e. The molecule has 9 nitrogen and oxygen atoms in total. The molecule has 0 saturated carbocycles. The van der Waals surface area contributed by atoms with Gasteiger partial charge in [-0.25, -0.2) is 0 Å². The lowest BCUT2D eigenvalue weighted by Gasteiger charge is -2.46. The van der Waals surface area contributed by atoms with Crippen LogP contribution in [0.4, 0.5) is 0 Å². The van der Waals surface area contributed by atoms with E-state index >= 15 is 0 Å². The Bertz CT molecular complexity index is 1320. The number of nitrogens with one attached hydrogen (secondary N) is 2. The van der Waals surface area contributed by atoms with Gasteiger partial charge in [0.2, 0.25) is 17.7 Å². The quantitative estimate of drug-likeness (QED) is 0.390. The summed E-state index contributed by atoms with van der Waals surface area (Å²) < 4.78 is 5.33. The summed E-state index contributed by atoms with van der Waals surface area (Å²) in [6.07, 6.45) is 5.50. The van der Waals surface area contributed by atoms with Crippen molar-refractivity contribution in [3.63, 3.8) is 0 Å². The standard InChI is InChI=1S/C37H53N5O4/c1-26(2)25-42(30-14-19-40(20-15-30)27(3)43)31-16-21-41(22-17-31)37(45)35(23-28-9-11-32(46-4)12-10-28)39-36(44)24-34-33-8-6-5-7-29(33)13-18-38-34/h5-12,26,30-31,34-35,38H,13-25H2,1-4H3,(H,39,44). The molecular formula is C37H53N5O4. The number of piperidine rings is 2. The summed E-state index contributed by atoms with van der Waals surface area (Å²) in [5.41, 5.74) is 3.43.